The minimum atomic E-state index is -0.819. The number of alkyl halides is 1. The van der Waals surface area contributed by atoms with Crippen molar-refractivity contribution in [1.82, 2.24) is 14.7 Å². The normalized spacial score (nSPS) is 27.6. The average Bonchev–Trinajstić information content (AvgIpc) is 3.66. The first kappa shape index (κ1) is 34.5. The van der Waals surface area contributed by atoms with Crippen LogP contribution in [0.2, 0.25) is 0 Å². The first-order valence-corrected chi connectivity index (χ1v) is 18.2. The van der Waals surface area contributed by atoms with Gasteiger partial charge in [0.2, 0.25) is 17.7 Å². The number of aliphatic hydroxyl groups is 1. The number of thioether (sulfide) groups is 1. The molecule has 9 heteroatoms. The zero-order valence-corrected chi connectivity index (χ0v) is 29.2. The summed E-state index contributed by atoms with van der Waals surface area (Å²) in [6, 6.07) is 18.1. The van der Waals surface area contributed by atoms with Gasteiger partial charge in [0.25, 0.3) is 0 Å². The standard InChI is InChI=1S/C37H46BrN3O4S/c1-5-14-25(4)40(20-7-3)36(45)33-37-22-29(38)32(46-37)30(34(43)39(19-6-2)23-27-17-12-9-13-18-27)31(37)35(44)41(33)28(24-42)21-26-15-10-8-11-16-26/h6-13,15-18,25,28-33,42H,2-3,5,14,19-24H2,1,4H3/t25?,28-,29?,30+,31+,32+,33?,37?/m1/s1. The Morgan fingerprint density at radius 3 is 2.28 bits per heavy atom. The highest BCUT2D eigenvalue weighted by Gasteiger charge is 2.76. The maximum atomic E-state index is 14.9. The molecule has 0 saturated carbocycles. The van der Waals surface area contributed by atoms with E-state index in [9.17, 15) is 19.5 Å². The Labute approximate surface area is 286 Å². The van der Waals surface area contributed by atoms with Gasteiger partial charge in [0.1, 0.15) is 6.04 Å². The van der Waals surface area contributed by atoms with Crippen LogP contribution in [0.25, 0.3) is 0 Å². The highest BCUT2D eigenvalue weighted by Crippen LogP contribution is 2.68. The van der Waals surface area contributed by atoms with Gasteiger partial charge in [0.15, 0.2) is 0 Å². The van der Waals surface area contributed by atoms with E-state index in [0.29, 0.717) is 32.5 Å². The summed E-state index contributed by atoms with van der Waals surface area (Å²) in [6.07, 6.45) is 6.18. The quantitative estimate of drug-likeness (QED) is 0.196. The van der Waals surface area contributed by atoms with Crippen molar-refractivity contribution in [2.45, 2.75) is 79.0 Å². The molecule has 0 aromatic heterocycles. The van der Waals surface area contributed by atoms with Gasteiger partial charge in [0, 0.05) is 35.8 Å². The lowest BCUT2D eigenvalue weighted by molar-refractivity contribution is -0.147. The van der Waals surface area contributed by atoms with Gasteiger partial charge in [0.05, 0.1) is 29.2 Å². The number of carbonyl (C=O) groups is 3. The van der Waals surface area contributed by atoms with Gasteiger partial charge in [-0.2, -0.15) is 0 Å². The largest absolute Gasteiger partial charge is 0.394 e. The van der Waals surface area contributed by atoms with Crippen LogP contribution in [-0.2, 0) is 27.3 Å². The number of hydrogen-bond acceptors (Lipinski definition) is 5. The van der Waals surface area contributed by atoms with Crippen LogP contribution in [0.1, 0.15) is 44.2 Å². The van der Waals surface area contributed by atoms with Crippen LogP contribution in [0.4, 0.5) is 0 Å². The second-order valence-electron chi connectivity index (χ2n) is 12.8. The Kier molecular flexibility index (Phi) is 11.2. The van der Waals surface area contributed by atoms with Gasteiger partial charge in [-0.3, -0.25) is 14.4 Å². The lowest BCUT2D eigenvalue weighted by atomic mass is 9.70. The molecule has 3 saturated heterocycles. The molecule has 246 valence electrons. The molecular weight excluding hydrogens is 662 g/mol. The number of halogens is 1. The predicted octanol–water partition coefficient (Wildman–Crippen LogP) is 5.47. The van der Waals surface area contributed by atoms with Crippen LogP contribution in [0.5, 0.6) is 0 Å². The summed E-state index contributed by atoms with van der Waals surface area (Å²) in [5.41, 5.74) is 1.97. The van der Waals surface area contributed by atoms with Crippen molar-refractivity contribution in [2.75, 3.05) is 19.7 Å². The molecule has 8 atom stereocenters. The van der Waals surface area contributed by atoms with E-state index in [1.165, 1.54) is 0 Å². The molecule has 1 spiro atoms. The van der Waals surface area contributed by atoms with Crippen molar-refractivity contribution in [3.8, 4) is 0 Å². The summed E-state index contributed by atoms with van der Waals surface area (Å²) in [5, 5.41) is 10.7. The zero-order valence-electron chi connectivity index (χ0n) is 26.8. The van der Waals surface area contributed by atoms with Crippen LogP contribution < -0.4 is 0 Å². The van der Waals surface area contributed by atoms with Gasteiger partial charge >= 0.3 is 0 Å². The van der Waals surface area contributed by atoms with E-state index in [4.69, 9.17) is 0 Å². The van der Waals surface area contributed by atoms with E-state index in [1.54, 1.807) is 33.7 Å². The topological polar surface area (TPSA) is 81.2 Å². The van der Waals surface area contributed by atoms with Crippen molar-refractivity contribution in [3.63, 3.8) is 0 Å². The maximum Gasteiger partial charge on any atom is 0.247 e. The summed E-state index contributed by atoms with van der Waals surface area (Å²) in [7, 11) is 0. The molecule has 46 heavy (non-hydrogen) atoms. The smallest absolute Gasteiger partial charge is 0.247 e. The Bertz CT molecular complexity index is 1410. The van der Waals surface area contributed by atoms with Gasteiger partial charge in [-0.05, 0) is 37.3 Å². The second kappa shape index (κ2) is 14.9. The van der Waals surface area contributed by atoms with Crippen molar-refractivity contribution >= 4 is 45.4 Å². The molecule has 3 aliphatic heterocycles. The summed E-state index contributed by atoms with van der Waals surface area (Å²) in [5.74, 6) is -1.73. The molecule has 7 nitrogen and oxygen atoms in total. The molecule has 1 N–H and O–H groups in total. The fourth-order valence-corrected chi connectivity index (χ4v) is 11.5. The summed E-state index contributed by atoms with van der Waals surface area (Å²) in [4.78, 5) is 49.7. The van der Waals surface area contributed by atoms with Crippen molar-refractivity contribution < 1.29 is 19.5 Å². The van der Waals surface area contributed by atoms with Crippen LogP contribution in [0.3, 0.4) is 0 Å². The average molecular weight is 709 g/mol. The molecule has 3 fully saturated rings. The molecule has 3 heterocycles. The van der Waals surface area contributed by atoms with Crippen LogP contribution in [0.15, 0.2) is 86.0 Å². The number of likely N-dealkylation sites (tertiary alicyclic amines) is 1. The van der Waals surface area contributed by atoms with E-state index in [-0.39, 0.29) is 40.4 Å². The number of rotatable bonds is 15. The molecule has 0 aliphatic carbocycles. The fraction of sp³-hybridized carbons (Fsp3) is 0.486. The molecule has 5 rings (SSSR count). The number of aliphatic hydroxyl groups excluding tert-OH is 1. The lowest BCUT2D eigenvalue weighted by Crippen LogP contribution is -2.59. The molecular formula is C37H46BrN3O4S. The van der Waals surface area contributed by atoms with Crippen LogP contribution in [0, 0.1) is 11.8 Å². The Morgan fingerprint density at radius 1 is 1.07 bits per heavy atom. The predicted molar refractivity (Wildman–Crippen MR) is 188 cm³/mol. The first-order valence-electron chi connectivity index (χ1n) is 16.4. The van der Waals surface area contributed by atoms with Crippen LogP contribution in [-0.4, -0.2) is 90.2 Å². The highest BCUT2D eigenvalue weighted by atomic mass is 79.9. The molecule has 4 unspecified atom stereocenters. The number of carbonyl (C=O) groups excluding carboxylic acids is 3. The monoisotopic (exact) mass is 707 g/mol. The van der Waals surface area contributed by atoms with Crippen LogP contribution >= 0.6 is 27.7 Å². The molecule has 3 aliphatic rings. The van der Waals surface area contributed by atoms with Gasteiger partial charge < -0.3 is 19.8 Å². The van der Waals surface area contributed by atoms with Crippen molar-refractivity contribution in [2.24, 2.45) is 11.8 Å². The Morgan fingerprint density at radius 2 is 1.70 bits per heavy atom. The number of nitrogens with zero attached hydrogens (tertiary/aromatic N) is 3. The number of amides is 3. The summed E-state index contributed by atoms with van der Waals surface area (Å²) < 4.78 is -0.810. The zero-order chi connectivity index (χ0) is 33.0. The van der Waals surface area contributed by atoms with E-state index in [2.05, 4.69) is 36.0 Å². The third kappa shape index (κ3) is 6.35. The van der Waals surface area contributed by atoms with Gasteiger partial charge in [-0.1, -0.05) is 102 Å². The lowest BCUT2D eigenvalue weighted by Gasteiger charge is -2.41. The Balaban J connectivity index is 1.59. The first-order chi connectivity index (χ1) is 22.2. The minimum Gasteiger partial charge on any atom is -0.394 e. The van der Waals surface area contributed by atoms with Crippen molar-refractivity contribution in [3.05, 3.63) is 97.1 Å². The van der Waals surface area contributed by atoms with E-state index < -0.39 is 28.7 Å². The number of benzene rings is 2. The highest BCUT2D eigenvalue weighted by molar-refractivity contribution is 9.09. The fourth-order valence-electron chi connectivity index (χ4n) is 7.92. The van der Waals surface area contributed by atoms with E-state index in [0.717, 1.165) is 24.0 Å². The summed E-state index contributed by atoms with van der Waals surface area (Å²) >= 11 is 5.54. The Hall–Kier alpha value is -2.88. The van der Waals surface area contributed by atoms with E-state index >= 15 is 0 Å². The third-order valence-corrected chi connectivity index (χ3v) is 13.1. The number of hydrogen-bond donors (Lipinski definition) is 1. The molecule has 0 radical (unpaired) electrons. The van der Waals surface area contributed by atoms with E-state index in [1.807, 2.05) is 72.5 Å². The van der Waals surface area contributed by atoms with Gasteiger partial charge in [-0.15, -0.1) is 24.9 Å². The summed E-state index contributed by atoms with van der Waals surface area (Å²) in [6.45, 7) is 12.8. The SMILES string of the molecule is C=CCN(Cc1ccccc1)C(=O)[C@H]1[C@H]2C(=O)N([C@@H](CO)Cc3ccccc3)C(C(=O)N(CC=C)C(C)CCC)C23CC(Br)[C@@H]1S3. The molecule has 2 aromatic carbocycles. The number of fused-ring (bicyclic) bond motifs is 1. The second-order valence-corrected chi connectivity index (χ2v) is 15.6. The third-order valence-electron chi connectivity index (χ3n) is 9.89. The molecule has 2 bridgehead atoms. The molecule has 2 aromatic rings. The molecule has 3 amide bonds. The van der Waals surface area contributed by atoms with Crippen molar-refractivity contribution in [1.29, 1.82) is 0 Å². The minimum absolute atomic E-state index is 0.0457. The van der Waals surface area contributed by atoms with Gasteiger partial charge in [-0.25, -0.2) is 0 Å². The maximum absolute atomic E-state index is 14.9.